The highest BCUT2D eigenvalue weighted by atomic mass is 32.2. The molecule has 1 amide bonds. The molecule has 0 aliphatic rings. The van der Waals surface area contributed by atoms with Gasteiger partial charge in [0.25, 0.3) is 14.4 Å². The zero-order valence-electron chi connectivity index (χ0n) is 12.6. The molecule has 2 aromatic rings. The first-order chi connectivity index (χ1) is 10.6. The summed E-state index contributed by atoms with van der Waals surface area (Å²) in [5.74, 6) is -1.03. The number of nitrogens with one attached hydrogen (secondary N) is 2. The van der Waals surface area contributed by atoms with E-state index in [9.17, 15) is 17.6 Å². The molecule has 0 saturated heterocycles. The average molecular weight is 358 g/mol. The Kier molecular flexibility index (Phi) is 4.66. The molecular weight excluding hydrogens is 343 g/mol. The van der Waals surface area contributed by atoms with Crippen LogP contribution in [0.3, 0.4) is 0 Å². The fourth-order valence-electron chi connectivity index (χ4n) is 1.39. The van der Waals surface area contributed by atoms with Crippen molar-refractivity contribution in [1.29, 1.82) is 0 Å². The minimum Gasteiger partial charge on any atom is -0.300 e. The molecule has 2 N–H and O–H groups in total. The molecule has 1 aromatic carbocycles. The summed E-state index contributed by atoms with van der Waals surface area (Å²) in [5, 5.41) is 9.70. The molecule has 7 nitrogen and oxygen atoms in total. The molecule has 10 heteroatoms. The third-order valence-corrected chi connectivity index (χ3v) is 5.23. The van der Waals surface area contributed by atoms with Crippen molar-refractivity contribution in [2.75, 3.05) is 10.0 Å². The number of benzene rings is 1. The molecule has 0 saturated carbocycles. The van der Waals surface area contributed by atoms with E-state index in [0.29, 0.717) is 11.3 Å². The van der Waals surface area contributed by atoms with Gasteiger partial charge in [0.1, 0.15) is 5.82 Å². The molecule has 0 radical (unpaired) electrons. The van der Waals surface area contributed by atoms with Crippen molar-refractivity contribution in [3.8, 4) is 0 Å². The lowest BCUT2D eigenvalue weighted by Gasteiger charge is -2.15. The second-order valence-corrected chi connectivity index (χ2v) is 8.50. The SMILES string of the molecule is CC(C)(C)C(=O)Nc1nnc(S(=O)(=O)Nc2ccccc2F)s1. The van der Waals surface area contributed by atoms with Gasteiger partial charge in [-0.15, -0.1) is 10.2 Å². The van der Waals surface area contributed by atoms with Crippen LogP contribution in [0.5, 0.6) is 0 Å². The Hall–Kier alpha value is -2.07. The van der Waals surface area contributed by atoms with E-state index < -0.39 is 21.3 Å². The number of carbonyl (C=O) groups is 1. The van der Waals surface area contributed by atoms with Crippen LogP contribution in [-0.4, -0.2) is 24.5 Å². The second-order valence-electron chi connectivity index (χ2n) is 5.66. The van der Waals surface area contributed by atoms with E-state index in [1.54, 1.807) is 20.8 Å². The summed E-state index contributed by atoms with van der Waals surface area (Å²) in [7, 11) is -4.08. The molecule has 0 fully saturated rings. The molecule has 23 heavy (non-hydrogen) atoms. The van der Waals surface area contributed by atoms with Crippen molar-refractivity contribution < 1.29 is 17.6 Å². The van der Waals surface area contributed by atoms with E-state index in [0.717, 1.165) is 6.07 Å². The predicted molar refractivity (Wildman–Crippen MR) is 85.2 cm³/mol. The maximum atomic E-state index is 13.5. The van der Waals surface area contributed by atoms with E-state index in [4.69, 9.17) is 0 Å². The molecule has 124 valence electrons. The van der Waals surface area contributed by atoms with Crippen LogP contribution in [0.15, 0.2) is 28.6 Å². The Bertz CT molecular complexity index is 828. The molecule has 0 atom stereocenters. The molecule has 1 heterocycles. The number of halogens is 1. The normalized spacial score (nSPS) is 12.0. The summed E-state index contributed by atoms with van der Waals surface area (Å²) in [4.78, 5) is 11.8. The Labute approximate surface area is 137 Å². The molecular formula is C13H15FN4O3S2. The van der Waals surface area contributed by atoms with Crippen LogP contribution in [0.2, 0.25) is 0 Å². The molecule has 0 spiro atoms. The molecule has 0 unspecified atom stereocenters. The van der Waals surface area contributed by atoms with Crippen LogP contribution >= 0.6 is 11.3 Å². The monoisotopic (exact) mass is 358 g/mol. The molecule has 0 aliphatic carbocycles. The summed E-state index contributed by atoms with van der Waals surface area (Å²) in [6, 6.07) is 5.36. The first-order valence-electron chi connectivity index (χ1n) is 6.52. The minimum atomic E-state index is -4.08. The first kappa shape index (κ1) is 17.3. The first-order valence-corrected chi connectivity index (χ1v) is 8.82. The highest BCUT2D eigenvalue weighted by Gasteiger charge is 2.25. The number of nitrogens with zero attached hydrogens (tertiary/aromatic N) is 2. The zero-order chi connectivity index (χ0) is 17.3. The Morgan fingerprint density at radius 3 is 2.48 bits per heavy atom. The van der Waals surface area contributed by atoms with E-state index in [1.807, 2.05) is 0 Å². The number of amides is 1. The number of carbonyl (C=O) groups excluding carboxylic acids is 1. The van der Waals surface area contributed by atoms with Crippen molar-refractivity contribution >= 4 is 38.1 Å². The third-order valence-electron chi connectivity index (χ3n) is 2.66. The van der Waals surface area contributed by atoms with Crippen molar-refractivity contribution in [3.05, 3.63) is 30.1 Å². The number of para-hydroxylation sites is 1. The zero-order valence-corrected chi connectivity index (χ0v) is 14.3. The van der Waals surface area contributed by atoms with Gasteiger partial charge in [-0.1, -0.05) is 44.2 Å². The van der Waals surface area contributed by atoms with E-state index in [1.165, 1.54) is 18.2 Å². The largest absolute Gasteiger partial charge is 0.300 e. The Balaban J connectivity index is 2.19. The van der Waals surface area contributed by atoms with E-state index in [-0.39, 0.29) is 21.1 Å². The summed E-state index contributed by atoms with van der Waals surface area (Å²) in [5.41, 5.74) is -0.848. The van der Waals surface area contributed by atoms with Gasteiger partial charge in [0.15, 0.2) is 0 Å². The van der Waals surface area contributed by atoms with Crippen molar-refractivity contribution in [2.24, 2.45) is 5.41 Å². The highest BCUT2D eigenvalue weighted by Crippen LogP contribution is 2.25. The Morgan fingerprint density at radius 1 is 1.22 bits per heavy atom. The van der Waals surface area contributed by atoms with Gasteiger partial charge in [-0.2, -0.15) is 8.42 Å². The lowest BCUT2D eigenvalue weighted by Crippen LogP contribution is -2.27. The van der Waals surface area contributed by atoms with Crippen molar-refractivity contribution in [1.82, 2.24) is 10.2 Å². The van der Waals surface area contributed by atoms with Gasteiger partial charge >= 0.3 is 0 Å². The summed E-state index contributed by atoms with van der Waals surface area (Å²) < 4.78 is 39.6. The Morgan fingerprint density at radius 2 is 1.87 bits per heavy atom. The number of sulfonamides is 1. The lowest BCUT2D eigenvalue weighted by atomic mass is 9.96. The second kappa shape index (κ2) is 6.20. The van der Waals surface area contributed by atoms with Crippen LogP contribution in [0, 0.1) is 11.2 Å². The van der Waals surface area contributed by atoms with Gasteiger partial charge in [0.2, 0.25) is 11.0 Å². The van der Waals surface area contributed by atoms with Gasteiger partial charge in [0, 0.05) is 5.41 Å². The maximum absolute atomic E-state index is 13.5. The van der Waals surface area contributed by atoms with Crippen LogP contribution < -0.4 is 10.0 Å². The third kappa shape index (κ3) is 4.23. The maximum Gasteiger partial charge on any atom is 0.291 e. The highest BCUT2D eigenvalue weighted by molar-refractivity contribution is 7.94. The number of anilines is 2. The smallest absolute Gasteiger partial charge is 0.291 e. The summed E-state index contributed by atoms with van der Waals surface area (Å²) in [6.45, 7) is 5.13. The van der Waals surface area contributed by atoms with E-state index >= 15 is 0 Å². The number of aromatic nitrogens is 2. The van der Waals surface area contributed by atoms with Crippen LogP contribution in [0.4, 0.5) is 15.2 Å². The van der Waals surface area contributed by atoms with E-state index in [2.05, 4.69) is 20.2 Å². The summed E-state index contributed by atoms with van der Waals surface area (Å²) >= 11 is 0.682. The quantitative estimate of drug-likeness (QED) is 0.818. The minimum absolute atomic E-state index is 0.0545. The van der Waals surface area contributed by atoms with Crippen LogP contribution in [0.25, 0.3) is 0 Å². The van der Waals surface area contributed by atoms with Gasteiger partial charge in [0.05, 0.1) is 5.69 Å². The molecule has 2 rings (SSSR count). The number of hydrogen-bond acceptors (Lipinski definition) is 6. The topological polar surface area (TPSA) is 101 Å². The number of rotatable bonds is 4. The van der Waals surface area contributed by atoms with Crippen molar-refractivity contribution in [2.45, 2.75) is 25.1 Å². The molecule has 1 aromatic heterocycles. The van der Waals surface area contributed by atoms with Gasteiger partial charge in [-0.25, -0.2) is 4.39 Å². The summed E-state index contributed by atoms with van der Waals surface area (Å²) in [6.07, 6.45) is 0. The average Bonchev–Trinajstić information content (AvgIpc) is 2.89. The number of hydrogen-bond donors (Lipinski definition) is 2. The van der Waals surface area contributed by atoms with Gasteiger partial charge in [-0.3, -0.25) is 9.52 Å². The standard InChI is InChI=1S/C13H15FN4O3S2/c1-13(2,3)10(19)15-11-16-17-12(22-11)23(20,21)18-9-7-5-4-6-8(9)14/h4-7,18H,1-3H3,(H,15,16,19). The fraction of sp³-hybridized carbons (Fsp3) is 0.308. The predicted octanol–water partition coefficient (Wildman–Crippen LogP) is 2.46. The molecule has 0 bridgehead atoms. The van der Waals surface area contributed by atoms with Gasteiger partial charge < -0.3 is 5.32 Å². The van der Waals surface area contributed by atoms with Gasteiger partial charge in [-0.05, 0) is 12.1 Å². The van der Waals surface area contributed by atoms with Crippen molar-refractivity contribution in [3.63, 3.8) is 0 Å². The van der Waals surface area contributed by atoms with Crippen LogP contribution in [0.1, 0.15) is 20.8 Å². The fourth-order valence-corrected chi connectivity index (χ4v) is 3.35. The van der Waals surface area contributed by atoms with Crippen LogP contribution in [-0.2, 0) is 14.8 Å². The molecule has 0 aliphatic heterocycles. The lowest BCUT2D eigenvalue weighted by molar-refractivity contribution is -0.123.